The van der Waals surface area contributed by atoms with E-state index >= 15 is 0 Å². The van der Waals surface area contributed by atoms with Crippen molar-refractivity contribution < 1.29 is 23.5 Å². The Balaban J connectivity index is 1.55. The number of carbonyl (C=O) groups is 3. The summed E-state index contributed by atoms with van der Waals surface area (Å²) in [6.45, 7) is 3.02. The van der Waals surface area contributed by atoms with Crippen LogP contribution in [-0.4, -0.2) is 34.4 Å². The first-order valence-corrected chi connectivity index (χ1v) is 8.61. The third kappa shape index (κ3) is 4.70. The number of benzene rings is 2. The highest BCUT2D eigenvalue weighted by molar-refractivity contribution is 5.97. The molecule has 0 spiro atoms. The first kappa shape index (κ1) is 19.9. The average molecular weight is 396 g/mol. The summed E-state index contributed by atoms with van der Waals surface area (Å²) in [5.74, 6) is -3.07. The number of fused-ring (bicyclic) bond motifs is 1. The summed E-state index contributed by atoms with van der Waals surface area (Å²) in [7, 11) is 0. The maximum Gasteiger partial charge on any atom is 0.338 e. The molecule has 0 saturated heterocycles. The van der Waals surface area contributed by atoms with Crippen molar-refractivity contribution in [1.29, 1.82) is 0 Å². The Labute approximate surface area is 165 Å². The van der Waals surface area contributed by atoms with Crippen molar-refractivity contribution in [2.24, 2.45) is 0 Å². The summed E-state index contributed by atoms with van der Waals surface area (Å²) in [6.07, 6.45) is 0. The minimum atomic E-state index is -0.832. The maximum atomic E-state index is 13.5. The van der Waals surface area contributed by atoms with E-state index in [0.717, 1.165) is 17.5 Å². The second kappa shape index (κ2) is 8.42. The van der Waals surface area contributed by atoms with E-state index in [9.17, 15) is 18.8 Å². The number of carbonyl (C=O) groups excluding carboxylic acids is 3. The molecule has 0 saturated carbocycles. The maximum absolute atomic E-state index is 13.5. The Bertz CT molecular complexity index is 1120. The van der Waals surface area contributed by atoms with Gasteiger partial charge in [-0.1, -0.05) is 12.1 Å². The number of hydrogen-bond acceptors (Lipinski definition) is 6. The van der Waals surface area contributed by atoms with E-state index in [1.165, 1.54) is 30.3 Å². The molecule has 29 heavy (non-hydrogen) atoms. The molecule has 9 heteroatoms. The van der Waals surface area contributed by atoms with Gasteiger partial charge in [-0.05, 0) is 44.2 Å². The van der Waals surface area contributed by atoms with Gasteiger partial charge in [-0.3, -0.25) is 20.4 Å². The molecule has 1 aromatic heterocycles. The number of aromatic nitrogens is 2. The average Bonchev–Trinajstić information content (AvgIpc) is 2.71. The van der Waals surface area contributed by atoms with Gasteiger partial charge in [-0.15, -0.1) is 0 Å². The molecule has 3 aromatic rings. The molecular weight excluding hydrogens is 379 g/mol. The van der Waals surface area contributed by atoms with E-state index in [1.807, 2.05) is 13.8 Å². The summed E-state index contributed by atoms with van der Waals surface area (Å²) in [4.78, 5) is 44.5. The summed E-state index contributed by atoms with van der Waals surface area (Å²) in [6, 6.07) is 9.99. The highest BCUT2D eigenvalue weighted by Gasteiger charge is 2.14. The molecule has 1 heterocycles. The van der Waals surface area contributed by atoms with Gasteiger partial charge in [0, 0.05) is 0 Å². The predicted octanol–water partition coefficient (Wildman–Crippen LogP) is 2.00. The number of nitrogens with one attached hydrogen (secondary N) is 2. The molecule has 0 aliphatic heterocycles. The van der Waals surface area contributed by atoms with Crippen molar-refractivity contribution in [3.8, 4) is 0 Å². The fourth-order valence-corrected chi connectivity index (χ4v) is 2.45. The van der Waals surface area contributed by atoms with Gasteiger partial charge in [0.1, 0.15) is 5.82 Å². The second-order valence-electron chi connectivity index (χ2n) is 6.16. The normalized spacial score (nSPS) is 10.4. The Morgan fingerprint density at radius 3 is 2.38 bits per heavy atom. The second-order valence-corrected chi connectivity index (χ2v) is 6.16. The molecule has 0 unspecified atom stereocenters. The van der Waals surface area contributed by atoms with Crippen LogP contribution >= 0.6 is 0 Å². The van der Waals surface area contributed by atoms with Crippen LogP contribution in [0.15, 0.2) is 42.5 Å². The van der Waals surface area contributed by atoms with Gasteiger partial charge in [0.2, 0.25) is 0 Å². The van der Waals surface area contributed by atoms with Crippen LogP contribution in [0.3, 0.4) is 0 Å². The van der Waals surface area contributed by atoms with E-state index in [4.69, 9.17) is 4.74 Å². The molecule has 0 bridgehead atoms. The highest BCUT2D eigenvalue weighted by atomic mass is 19.1. The zero-order valence-electron chi connectivity index (χ0n) is 15.7. The fourth-order valence-electron chi connectivity index (χ4n) is 2.45. The predicted molar refractivity (Wildman–Crippen MR) is 101 cm³/mol. The number of aryl methyl sites for hydroxylation is 2. The van der Waals surface area contributed by atoms with E-state index in [-0.39, 0.29) is 11.1 Å². The number of hydrogen-bond donors (Lipinski definition) is 2. The van der Waals surface area contributed by atoms with E-state index in [1.54, 1.807) is 6.07 Å². The largest absolute Gasteiger partial charge is 0.452 e. The highest BCUT2D eigenvalue weighted by Crippen LogP contribution is 2.15. The van der Waals surface area contributed by atoms with Gasteiger partial charge in [-0.2, -0.15) is 0 Å². The standard InChI is InChI=1S/C20H17FN4O4/c1-11-12(2)23-17-9-13(7-8-16(17)22-11)20(28)29-10-18(26)24-25-19(27)14-5-3-4-6-15(14)21/h3-9H,10H2,1-2H3,(H,24,26)(H,25,27). The van der Waals surface area contributed by atoms with Crippen LogP contribution in [0, 0.1) is 19.7 Å². The number of amides is 2. The molecule has 0 radical (unpaired) electrons. The molecule has 0 atom stereocenters. The lowest BCUT2D eigenvalue weighted by Gasteiger charge is -2.09. The summed E-state index contributed by atoms with van der Waals surface area (Å²) in [5, 5.41) is 0. The monoisotopic (exact) mass is 396 g/mol. The van der Waals surface area contributed by atoms with Crippen LogP contribution < -0.4 is 10.9 Å². The van der Waals surface area contributed by atoms with Gasteiger partial charge in [0.05, 0.1) is 33.5 Å². The molecule has 8 nitrogen and oxygen atoms in total. The van der Waals surface area contributed by atoms with Crippen LogP contribution in [0.1, 0.15) is 32.1 Å². The fraction of sp³-hybridized carbons (Fsp3) is 0.150. The van der Waals surface area contributed by atoms with Gasteiger partial charge in [-0.25, -0.2) is 19.2 Å². The SMILES string of the molecule is Cc1nc2ccc(C(=O)OCC(=O)NNC(=O)c3ccccc3F)cc2nc1C. The molecular formula is C20H17FN4O4. The minimum absolute atomic E-state index is 0.207. The van der Waals surface area contributed by atoms with Crippen molar-refractivity contribution in [3.05, 3.63) is 70.8 Å². The third-order valence-electron chi connectivity index (χ3n) is 4.08. The molecule has 3 rings (SSSR count). The zero-order chi connectivity index (χ0) is 21.0. The molecule has 2 amide bonds. The van der Waals surface area contributed by atoms with Gasteiger partial charge >= 0.3 is 5.97 Å². The van der Waals surface area contributed by atoms with Crippen LogP contribution in [0.5, 0.6) is 0 Å². The van der Waals surface area contributed by atoms with Crippen molar-refractivity contribution in [1.82, 2.24) is 20.8 Å². The molecule has 2 N–H and O–H groups in total. The number of ether oxygens (including phenoxy) is 1. The molecule has 0 fully saturated rings. The van der Waals surface area contributed by atoms with Crippen LogP contribution in [-0.2, 0) is 9.53 Å². The van der Waals surface area contributed by atoms with E-state index < -0.39 is 30.2 Å². The van der Waals surface area contributed by atoms with E-state index in [2.05, 4.69) is 20.8 Å². The Morgan fingerprint density at radius 2 is 1.66 bits per heavy atom. The van der Waals surface area contributed by atoms with Crippen molar-refractivity contribution in [3.63, 3.8) is 0 Å². The molecule has 148 valence electrons. The van der Waals surface area contributed by atoms with E-state index in [0.29, 0.717) is 11.0 Å². The van der Waals surface area contributed by atoms with Crippen LogP contribution in [0.4, 0.5) is 4.39 Å². The molecule has 0 aliphatic rings. The first-order valence-electron chi connectivity index (χ1n) is 8.61. The molecule has 2 aromatic carbocycles. The lowest BCUT2D eigenvalue weighted by Crippen LogP contribution is -2.43. The summed E-state index contributed by atoms with van der Waals surface area (Å²) >= 11 is 0. The molecule has 0 aliphatic carbocycles. The van der Waals surface area contributed by atoms with Crippen molar-refractivity contribution in [2.45, 2.75) is 13.8 Å². The Morgan fingerprint density at radius 1 is 0.966 bits per heavy atom. The number of halogens is 1. The first-order chi connectivity index (χ1) is 13.8. The van der Waals surface area contributed by atoms with Crippen LogP contribution in [0.2, 0.25) is 0 Å². The lowest BCUT2D eigenvalue weighted by molar-refractivity contribution is -0.125. The number of rotatable bonds is 4. The summed E-state index contributed by atoms with van der Waals surface area (Å²) < 4.78 is 18.4. The lowest BCUT2D eigenvalue weighted by atomic mass is 10.2. The number of esters is 1. The quantitative estimate of drug-likeness (QED) is 0.516. The van der Waals surface area contributed by atoms with Crippen molar-refractivity contribution in [2.75, 3.05) is 6.61 Å². The third-order valence-corrected chi connectivity index (χ3v) is 4.08. The van der Waals surface area contributed by atoms with Crippen LogP contribution in [0.25, 0.3) is 11.0 Å². The van der Waals surface area contributed by atoms with Crippen molar-refractivity contribution >= 4 is 28.8 Å². The van der Waals surface area contributed by atoms with Gasteiger partial charge < -0.3 is 4.74 Å². The Hall–Kier alpha value is -3.88. The zero-order valence-corrected chi connectivity index (χ0v) is 15.7. The van der Waals surface area contributed by atoms with Gasteiger partial charge in [0.25, 0.3) is 11.8 Å². The van der Waals surface area contributed by atoms with Gasteiger partial charge in [0.15, 0.2) is 6.61 Å². The topological polar surface area (TPSA) is 110 Å². The Kier molecular flexibility index (Phi) is 5.77. The smallest absolute Gasteiger partial charge is 0.338 e. The number of nitrogens with zero attached hydrogens (tertiary/aromatic N) is 2. The minimum Gasteiger partial charge on any atom is -0.452 e. The summed E-state index contributed by atoms with van der Waals surface area (Å²) in [5.41, 5.74) is 6.79. The number of hydrazine groups is 1.